The van der Waals surface area contributed by atoms with Gasteiger partial charge in [0.15, 0.2) is 18.2 Å². The van der Waals surface area contributed by atoms with Crippen LogP contribution in [0.4, 0.5) is 9.39 Å². The molecule has 1 aromatic heterocycles. The number of carbonyl (C=O) groups is 3. The second-order valence-electron chi connectivity index (χ2n) is 6.26. The lowest BCUT2D eigenvalue weighted by atomic mass is 10.1. The molecule has 1 aromatic carbocycles. The van der Waals surface area contributed by atoms with Gasteiger partial charge in [-0.05, 0) is 49.9 Å². The number of anilines is 1. The summed E-state index contributed by atoms with van der Waals surface area (Å²) in [5.41, 5.74) is 1.24. The Morgan fingerprint density at radius 1 is 1.17 bits per heavy atom. The fraction of sp³-hybridized carbons (Fsp3) is 0.350. The molecule has 1 aliphatic rings. The number of methoxy groups -OCH3 is 1. The lowest BCUT2D eigenvalue weighted by Crippen LogP contribution is -2.22. The molecule has 154 valence electrons. The molecule has 0 saturated carbocycles. The van der Waals surface area contributed by atoms with Crippen molar-refractivity contribution in [3.8, 4) is 5.75 Å². The molecule has 0 atom stereocenters. The first-order chi connectivity index (χ1) is 13.9. The molecule has 9 heteroatoms. The number of aryl methyl sites for hydroxylation is 1. The number of hydrogen-bond donors (Lipinski definition) is 1. The van der Waals surface area contributed by atoms with Gasteiger partial charge in [-0.25, -0.2) is 14.0 Å². The summed E-state index contributed by atoms with van der Waals surface area (Å²) in [7, 11) is 1.31. The summed E-state index contributed by atoms with van der Waals surface area (Å²) in [5.74, 6) is -2.64. The number of halogens is 1. The molecule has 3 rings (SSSR count). The number of rotatable bonds is 7. The van der Waals surface area contributed by atoms with Crippen LogP contribution in [-0.2, 0) is 27.1 Å². The van der Waals surface area contributed by atoms with Gasteiger partial charge in [0.25, 0.3) is 5.91 Å². The summed E-state index contributed by atoms with van der Waals surface area (Å²) in [6.45, 7) is 1.37. The zero-order valence-corrected chi connectivity index (χ0v) is 16.8. The Balaban J connectivity index is 1.65. The third-order valence-electron chi connectivity index (χ3n) is 4.38. The number of benzene rings is 1. The van der Waals surface area contributed by atoms with Crippen molar-refractivity contribution in [2.75, 3.05) is 25.6 Å². The monoisotopic (exact) mass is 421 g/mol. The molecule has 0 aliphatic heterocycles. The van der Waals surface area contributed by atoms with Crippen molar-refractivity contribution in [3.63, 3.8) is 0 Å². The van der Waals surface area contributed by atoms with Gasteiger partial charge in [-0.15, -0.1) is 11.3 Å². The van der Waals surface area contributed by atoms with E-state index in [0.717, 1.165) is 35.8 Å². The highest BCUT2D eigenvalue weighted by molar-refractivity contribution is 7.17. The maximum Gasteiger partial charge on any atom is 0.341 e. The molecule has 1 N–H and O–H groups in total. The maximum absolute atomic E-state index is 13.7. The van der Waals surface area contributed by atoms with Crippen LogP contribution in [0.2, 0.25) is 0 Å². The van der Waals surface area contributed by atoms with E-state index in [4.69, 9.17) is 14.2 Å². The minimum atomic E-state index is -0.846. The first-order valence-electron chi connectivity index (χ1n) is 9.06. The lowest BCUT2D eigenvalue weighted by Gasteiger charge is -2.09. The Kier molecular flexibility index (Phi) is 6.48. The van der Waals surface area contributed by atoms with Crippen LogP contribution in [0, 0.1) is 5.82 Å². The molecule has 1 aliphatic carbocycles. The first-order valence-corrected chi connectivity index (χ1v) is 9.88. The Morgan fingerprint density at radius 2 is 1.97 bits per heavy atom. The predicted molar refractivity (Wildman–Crippen MR) is 104 cm³/mol. The van der Waals surface area contributed by atoms with E-state index in [9.17, 15) is 18.8 Å². The summed E-state index contributed by atoms with van der Waals surface area (Å²) in [6.07, 6.45) is 2.56. The smallest absolute Gasteiger partial charge is 0.341 e. The van der Waals surface area contributed by atoms with E-state index >= 15 is 0 Å². The summed E-state index contributed by atoms with van der Waals surface area (Å²) in [6, 6.07) is 3.61. The molecule has 7 nitrogen and oxygen atoms in total. The van der Waals surface area contributed by atoms with Gasteiger partial charge in [-0.3, -0.25) is 4.79 Å². The highest BCUT2D eigenvalue weighted by Gasteiger charge is 2.28. The van der Waals surface area contributed by atoms with Gasteiger partial charge in [0.05, 0.1) is 24.8 Å². The summed E-state index contributed by atoms with van der Waals surface area (Å²) in [5, 5.41) is 3.02. The standard InChI is InChI=1S/C20H20FNO6S/c1-3-27-20(25)17-12-5-4-6-15(12)29-18(17)22-16(23)10-28-19(24)11-7-8-14(26-2)13(21)9-11/h7-9H,3-6,10H2,1-2H3,(H,22,23). The van der Waals surface area contributed by atoms with E-state index in [1.54, 1.807) is 6.92 Å². The molecule has 0 radical (unpaired) electrons. The van der Waals surface area contributed by atoms with Crippen molar-refractivity contribution in [2.45, 2.75) is 26.2 Å². The van der Waals surface area contributed by atoms with Gasteiger partial charge >= 0.3 is 11.9 Å². The number of amides is 1. The van der Waals surface area contributed by atoms with Gasteiger partial charge in [0, 0.05) is 4.88 Å². The number of ether oxygens (including phenoxy) is 3. The average Bonchev–Trinajstić information content (AvgIpc) is 3.26. The van der Waals surface area contributed by atoms with Crippen LogP contribution in [0.25, 0.3) is 0 Å². The van der Waals surface area contributed by atoms with Crippen LogP contribution in [0.1, 0.15) is 44.5 Å². The van der Waals surface area contributed by atoms with Gasteiger partial charge in [0.1, 0.15) is 5.00 Å². The van der Waals surface area contributed by atoms with Gasteiger partial charge < -0.3 is 19.5 Å². The average molecular weight is 421 g/mol. The molecule has 29 heavy (non-hydrogen) atoms. The lowest BCUT2D eigenvalue weighted by molar-refractivity contribution is -0.119. The minimum absolute atomic E-state index is 0.00321. The quantitative estimate of drug-likeness (QED) is 0.690. The molecule has 1 amide bonds. The topological polar surface area (TPSA) is 90.9 Å². The van der Waals surface area contributed by atoms with Gasteiger partial charge in [-0.2, -0.15) is 0 Å². The Labute approximate surface area is 170 Å². The highest BCUT2D eigenvalue weighted by atomic mass is 32.1. The number of thiophene rings is 1. The molecule has 0 unspecified atom stereocenters. The number of hydrogen-bond acceptors (Lipinski definition) is 7. The second-order valence-corrected chi connectivity index (χ2v) is 7.36. The fourth-order valence-electron chi connectivity index (χ4n) is 3.08. The van der Waals surface area contributed by atoms with Crippen LogP contribution in [-0.4, -0.2) is 38.2 Å². The number of fused-ring (bicyclic) bond motifs is 1. The third kappa shape index (κ3) is 4.56. The normalized spacial score (nSPS) is 12.2. The van der Waals surface area contributed by atoms with E-state index in [1.807, 2.05) is 0 Å². The van der Waals surface area contributed by atoms with Crippen molar-refractivity contribution >= 4 is 34.2 Å². The second kappa shape index (κ2) is 9.04. The van der Waals surface area contributed by atoms with Gasteiger partial charge in [-0.1, -0.05) is 0 Å². The van der Waals surface area contributed by atoms with Crippen LogP contribution in [0.5, 0.6) is 5.75 Å². The Bertz CT molecular complexity index is 955. The Morgan fingerprint density at radius 3 is 2.66 bits per heavy atom. The molecule has 0 saturated heterocycles. The molecule has 2 aromatic rings. The van der Waals surface area contributed by atoms with Crippen molar-refractivity contribution in [2.24, 2.45) is 0 Å². The van der Waals surface area contributed by atoms with Crippen LogP contribution >= 0.6 is 11.3 Å². The Hall–Kier alpha value is -2.94. The maximum atomic E-state index is 13.7. The summed E-state index contributed by atoms with van der Waals surface area (Å²) < 4.78 is 28.5. The van der Waals surface area contributed by atoms with E-state index < -0.39 is 30.3 Å². The SMILES string of the molecule is CCOC(=O)c1c(NC(=O)COC(=O)c2ccc(OC)c(F)c2)sc2c1CCC2. The number of nitrogens with one attached hydrogen (secondary N) is 1. The predicted octanol–water partition coefficient (Wildman–Crippen LogP) is 3.36. The highest BCUT2D eigenvalue weighted by Crippen LogP contribution is 2.39. The molecular formula is C20H20FNO6S. The zero-order valence-electron chi connectivity index (χ0n) is 16.0. The molecule has 1 heterocycles. The summed E-state index contributed by atoms with van der Waals surface area (Å²) in [4.78, 5) is 37.6. The molecular weight excluding hydrogens is 401 g/mol. The zero-order chi connectivity index (χ0) is 21.0. The van der Waals surface area contributed by atoms with Crippen molar-refractivity contribution in [1.82, 2.24) is 0 Å². The number of carbonyl (C=O) groups excluding carboxylic acids is 3. The van der Waals surface area contributed by atoms with Crippen LogP contribution in [0.15, 0.2) is 18.2 Å². The van der Waals surface area contributed by atoms with Gasteiger partial charge in [0.2, 0.25) is 0 Å². The summed E-state index contributed by atoms with van der Waals surface area (Å²) >= 11 is 1.33. The first kappa shape index (κ1) is 20.8. The number of esters is 2. The molecule has 0 fully saturated rings. The molecule has 0 bridgehead atoms. The molecule has 0 spiro atoms. The fourth-order valence-corrected chi connectivity index (χ4v) is 4.38. The van der Waals surface area contributed by atoms with Crippen LogP contribution < -0.4 is 10.1 Å². The van der Waals surface area contributed by atoms with E-state index in [2.05, 4.69) is 5.32 Å². The van der Waals surface area contributed by atoms with Crippen molar-refractivity contribution < 1.29 is 33.0 Å². The minimum Gasteiger partial charge on any atom is -0.494 e. The van der Waals surface area contributed by atoms with Crippen molar-refractivity contribution in [3.05, 3.63) is 45.6 Å². The largest absolute Gasteiger partial charge is 0.494 e. The van der Waals surface area contributed by atoms with Crippen molar-refractivity contribution in [1.29, 1.82) is 0 Å². The third-order valence-corrected chi connectivity index (χ3v) is 5.58. The van der Waals surface area contributed by atoms with E-state index in [-0.39, 0.29) is 17.9 Å². The van der Waals surface area contributed by atoms with Crippen LogP contribution in [0.3, 0.4) is 0 Å². The van der Waals surface area contributed by atoms with E-state index in [1.165, 1.54) is 30.6 Å². The van der Waals surface area contributed by atoms with E-state index in [0.29, 0.717) is 10.6 Å².